The van der Waals surface area contributed by atoms with Crippen molar-refractivity contribution in [3.63, 3.8) is 0 Å². The Morgan fingerprint density at radius 1 is 1.25 bits per heavy atom. The summed E-state index contributed by atoms with van der Waals surface area (Å²) in [6.45, 7) is 3.98. The summed E-state index contributed by atoms with van der Waals surface area (Å²) in [7, 11) is 1.57. The summed E-state index contributed by atoms with van der Waals surface area (Å²) in [5, 5.41) is 3.05. The number of carbonyl (C=O) groups is 2. The average Bonchev–Trinajstić information content (AvgIpc) is 2.66. The van der Waals surface area contributed by atoms with Gasteiger partial charge in [-0.2, -0.15) is 0 Å². The van der Waals surface area contributed by atoms with Crippen molar-refractivity contribution >= 4 is 39.3 Å². The van der Waals surface area contributed by atoms with Crippen LogP contribution in [0.15, 0.2) is 46.9 Å². The van der Waals surface area contributed by atoms with Gasteiger partial charge in [0.05, 0.1) is 5.02 Å². The molecular formula is C21H24BrClN2O3. The van der Waals surface area contributed by atoms with Crippen LogP contribution in [0.4, 0.5) is 0 Å². The number of halogens is 2. The molecule has 0 saturated heterocycles. The van der Waals surface area contributed by atoms with Crippen molar-refractivity contribution in [2.24, 2.45) is 0 Å². The standard InChI is InChI=1S/C21H24BrClN2O3/c1-4-18(21(27)24-3)25(12-15-7-5-6-14(2)10-15)20(26)13-28-19-9-8-16(22)11-17(19)23/h5-11,18H,4,12-13H2,1-3H3,(H,24,27)/t18-/m1/s1. The fourth-order valence-electron chi connectivity index (χ4n) is 2.91. The molecule has 0 saturated carbocycles. The third kappa shape index (κ3) is 5.97. The Morgan fingerprint density at radius 2 is 2.00 bits per heavy atom. The monoisotopic (exact) mass is 466 g/mol. The Balaban J connectivity index is 2.21. The second-order valence-corrected chi connectivity index (χ2v) is 7.74. The molecule has 0 heterocycles. The van der Waals surface area contributed by atoms with Crippen LogP contribution in [-0.4, -0.2) is 36.4 Å². The van der Waals surface area contributed by atoms with Crippen molar-refractivity contribution in [2.75, 3.05) is 13.7 Å². The predicted octanol–water partition coefficient (Wildman–Crippen LogP) is 4.34. The fourth-order valence-corrected chi connectivity index (χ4v) is 3.64. The van der Waals surface area contributed by atoms with Gasteiger partial charge < -0.3 is 15.0 Å². The van der Waals surface area contributed by atoms with Gasteiger partial charge in [0, 0.05) is 18.1 Å². The number of hydrogen-bond donors (Lipinski definition) is 1. The lowest BCUT2D eigenvalue weighted by Crippen LogP contribution is -2.49. The van der Waals surface area contributed by atoms with E-state index in [1.165, 1.54) is 0 Å². The Kier molecular flexibility index (Phi) is 8.33. The van der Waals surface area contributed by atoms with Gasteiger partial charge in [-0.1, -0.05) is 64.3 Å². The van der Waals surface area contributed by atoms with E-state index in [1.54, 1.807) is 30.1 Å². The molecule has 1 atom stereocenters. The van der Waals surface area contributed by atoms with Crippen LogP contribution in [0.5, 0.6) is 5.75 Å². The maximum Gasteiger partial charge on any atom is 0.261 e. The van der Waals surface area contributed by atoms with E-state index in [4.69, 9.17) is 16.3 Å². The lowest BCUT2D eigenvalue weighted by atomic mass is 10.1. The first kappa shape index (κ1) is 22.2. The van der Waals surface area contributed by atoms with Crippen molar-refractivity contribution in [1.82, 2.24) is 10.2 Å². The first-order valence-corrected chi connectivity index (χ1v) is 10.2. The van der Waals surface area contributed by atoms with Gasteiger partial charge in [0.2, 0.25) is 5.91 Å². The normalized spacial score (nSPS) is 11.6. The average molecular weight is 468 g/mol. The number of nitrogens with one attached hydrogen (secondary N) is 1. The zero-order valence-electron chi connectivity index (χ0n) is 16.2. The zero-order valence-corrected chi connectivity index (χ0v) is 18.5. The number of rotatable bonds is 8. The van der Waals surface area contributed by atoms with E-state index in [0.717, 1.165) is 15.6 Å². The predicted molar refractivity (Wildman–Crippen MR) is 115 cm³/mol. The highest BCUT2D eigenvalue weighted by molar-refractivity contribution is 9.10. The molecule has 0 aliphatic carbocycles. The van der Waals surface area contributed by atoms with Crippen molar-refractivity contribution in [3.8, 4) is 5.75 Å². The molecule has 2 aromatic carbocycles. The van der Waals surface area contributed by atoms with Gasteiger partial charge in [0.25, 0.3) is 5.91 Å². The molecule has 0 bridgehead atoms. The third-order valence-corrected chi connectivity index (χ3v) is 5.10. The fraction of sp³-hybridized carbons (Fsp3) is 0.333. The van der Waals surface area contributed by atoms with Gasteiger partial charge in [-0.3, -0.25) is 9.59 Å². The molecule has 0 radical (unpaired) electrons. The zero-order chi connectivity index (χ0) is 20.7. The Labute approximate surface area is 179 Å². The molecule has 0 unspecified atom stereocenters. The molecule has 0 fully saturated rings. The van der Waals surface area contributed by atoms with Gasteiger partial charge in [-0.15, -0.1) is 0 Å². The summed E-state index contributed by atoms with van der Waals surface area (Å²) in [5.74, 6) is -0.0668. The molecular weight excluding hydrogens is 444 g/mol. The molecule has 0 aromatic heterocycles. The summed E-state index contributed by atoms with van der Waals surface area (Å²) < 4.78 is 6.45. The van der Waals surface area contributed by atoms with Gasteiger partial charge in [0.15, 0.2) is 6.61 Å². The molecule has 2 rings (SSSR count). The highest BCUT2D eigenvalue weighted by Crippen LogP contribution is 2.27. The van der Waals surface area contributed by atoms with Crippen LogP contribution >= 0.6 is 27.5 Å². The first-order valence-electron chi connectivity index (χ1n) is 9.00. The molecule has 0 spiro atoms. The number of likely N-dealkylation sites (N-methyl/N-ethyl adjacent to an activating group) is 1. The SMILES string of the molecule is CC[C@H](C(=O)NC)N(Cc1cccc(C)c1)C(=O)COc1ccc(Br)cc1Cl. The van der Waals surface area contributed by atoms with Crippen molar-refractivity contribution in [3.05, 3.63) is 63.1 Å². The van der Waals surface area contributed by atoms with Gasteiger partial charge >= 0.3 is 0 Å². The summed E-state index contributed by atoms with van der Waals surface area (Å²) >= 11 is 9.49. The lowest BCUT2D eigenvalue weighted by molar-refractivity contribution is -0.142. The van der Waals surface area contributed by atoms with Crippen LogP contribution in [-0.2, 0) is 16.1 Å². The van der Waals surface area contributed by atoms with E-state index in [1.807, 2.05) is 38.1 Å². The molecule has 150 valence electrons. The molecule has 1 N–H and O–H groups in total. The van der Waals surface area contributed by atoms with Crippen molar-refractivity contribution in [2.45, 2.75) is 32.9 Å². The van der Waals surface area contributed by atoms with Crippen LogP contribution in [0, 0.1) is 6.92 Å². The molecule has 0 aliphatic rings. The number of nitrogens with zero attached hydrogens (tertiary/aromatic N) is 1. The first-order chi connectivity index (χ1) is 13.3. The van der Waals surface area contributed by atoms with Crippen LogP contribution < -0.4 is 10.1 Å². The number of amides is 2. The van der Waals surface area contributed by atoms with Crippen molar-refractivity contribution < 1.29 is 14.3 Å². The quantitative estimate of drug-likeness (QED) is 0.628. The minimum absolute atomic E-state index is 0.204. The number of aryl methyl sites for hydroxylation is 1. The number of hydrogen-bond acceptors (Lipinski definition) is 3. The van der Waals surface area contributed by atoms with E-state index in [2.05, 4.69) is 21.2 Å². The molecule has 5 nitrogen and oxygen atoms in total. The van der Waals surface area contributed by atoms with Gasteiger partial charge in [0.1, 0.15) is 11.8 Å². The largest absolute Gasteiger partial charge is 0.482 e. The highest BCUT2D eigenvalue weighted by Gasteiger charge is 2.28. The van der Waals surface area contributed by atoms with E-state index in [0.29, 0.717) is 23.7 Å². The van der Waals surface area contributed by atoms with Crippen LogP contribution in [0.25, 0.3) is 0 Å². The van der Waals surface area contributed by atoms with Gasteiger partial charge in [-0.25, -0.2) is 0 Å². The second kappa shape index (κ2) is 10.5. The molecule has 7 heteroatoms. The maximum absolute atomic E-state index is 13.0. The maximum atomic E-state index is 13.0. The van der Waals surface area contributed by atoms with Gasteiger partial charge in [-0.05, 0) is 37.1 Å². The van der Waals surface area contributed by atoms with E-state index in [9.17, 15) is 9.59 Å². The van der Waals surface area contributed by atoms with Crippen LogP contribution in [0.3, 0.4) is 0 Å². The third-order valence-electron chi connectivity index (χ3n) is 4.31. The lowest BCUT2D eigenvalue weighted by Gasteiger charge is -2.30. The molecule has 0 aliphatic heterocycles. The summed E-state index contributed by atoms with van der Waals surface area (Å²) in [5.41, 5.74) is 2.05. The van der Waals surface area contributed by atoms with Crippen molar-refractivity contribution in [1.29, 1.82) is 0 Å². The number of carbonyl (C=O) groups excluding carboxylic acids is 2. The van der Waals surface area contributed by atoms with Crippen LogP contribution in [0.1, 0.15) is 24.5 Å². The molecule has 28 heavy (non-hydrogen) atoms. The Bertz CT molecular complexity index is 844. The number of ether oxygens (including phenoxy) is 1. The number of benzene rings is 2. The topological polar surface area (TPSA) is 58.6 Å². The van der Waals surface area contributed by atoms with E-state index in [-0.39, 0.29) is 18.4 Å². The summed E-state index contributed by atoms with van der Waals surface area (Å²) in [4.78, 5) is 26.9. The minimum atomic E-state index is -0.581. The minimum Gasteiger partial charge on any atom is -0.482 e. The van der Waals surface area contributed by atoms with Crippen LogP contribution in [0.2, 0.25) is 5.02 Å². The summed E-state index contributed by atoms with van der Waals surface area (Å²) in [6.07, 6.45) is 0.496. The molecule has 2 aromatic rings. The van der Waals surface area contributed by atoms with E-state index >= 15 is 0 Å². The summed E-state index contributed by atoms with van der Waals surface area (Å²) in [6, 6.07) is 12.5. The van der Waals surface area contributed by atoms with E-state index < -0.39 is 6.04 Å². The highest BCUT2D eigenvalue weighted by atomic mass is 79.9. The Morgan fingerprint density at radius 3 is 2.61 bits per heavy atom. The Hall–Kier alpha value is -2.05. The molecule has 2 amide bonds. The smallest absolute Gasteiger partial charge is 0.261 e. The second-order valence-electron chi connectivity index (χ2n) is 6.41.